The summed E-state index contributed by atoms with van der Waals surface area (Å²) >= 11 is 7.32. The van der Waals surface area contributed by atoms with E-state index in [0.29, 0.717) is 11.6 Å². The molecule has 0 radical (unpaired) electrons. The average Bonchev–Trinajstić information content (AvgIpc) is 2.86. The number of carboxylic acids is 1. The lowest BCUT2D eigenvalue weighted by molar-refractivity contribution is -0.131. The van der Waals surface area contributed by atoms with Crippen molar-refractivity contribution in [3.8, 4) is 0 Å². The molecule has 2 aromatic heterocycles. The van der Waals surface area contributed by atoms with Crippen molar-refractivity contribution in [2.75, 3.05) is 0 Å². The summed E-state index contributed by atoms with van der Waals surface area (Å²) in [6.45, 7) is 0.637. The highest BCUT2D eigenvalue weighted by Gasteiger charge is 2.01. The van der Waals surface area contributed by atoms with E-state index in [1.165, 1.54) is 0 Å². The molecule has 0 aliphatic rings. The van der Waals surface area contributed by atoms with Crippen molar-refractivity contribution in [1.82, 2.24) is 9.78 Å². The van der Waals surface area contributed by atoms with E-state index < -0.39 is 5.97 Å². The summed E-state index contributed by atoms with van der Waals surface area (Å²) in [5.41, 5.74) is 0.880. The van der Waals surface area contributed by atoms with Gasteiger partial charge < -0.3 is 5.11 Å². The first-order valence-electron chi connectivity index (χ1n) is 4.80. The molecule has 0 atom stereocenters. The fourth-order valence-corrected chi connectivity index (χ4v) is 2.32. The van der Waals surface area contributed by atoms with E-state index in [4.69, 9.17) is 16.7 Å². The molecule has 2 rings (SSSR count). The van der Waals surface area contributed by atoms with Crippen LogP contribution in [-0.2, 0) is 11.3 Å². The molecule has 2 heterocycles. The molecule has 0 aromatic carbocycles. The van der Waals surface area contributed by atoms with E-state index in [9.17, 15) is 4.79 Å². The fourth-order valence-electron chi connectivity index (χ4n) is 1.32. The van der Waals surface area contributed by atoms with Gasteiger partial charge in [-0.3, -0.25) is 4.68 Å². The van der Waals surface area contributed by atoms with Crippen LogP contribution in [0, 0.1) is 0 Å². The summed E-state index contributed by atoms with van der Waals surface area (Å²) < 4.78 is 1.73. The Kier molecular flexibility index (Phi) is 3.61. The van der Waals surface area contributed by atoms with Gasteiger partial charge in [0.05, 0.1) is 17.8 Å². The number of carboxylic acid groups (broad SMARTS) is 1. The van der Waals surface area contributed by atoms with Crippen molar-refractivity contribution in [1.29, 1.82) is 0 Å². The topological polar surface area (TPSA) is 55.1 Å². The van der Waals surface area contributed by atoms with Crippen LogP contribution in [0.1, 0.15) is 10.4 Å². The van der Waals surface area contributed by atoms with Gasteiger partial charge in [0.2, 0.25) is 0 Å². The second-order valence-corrected chi connectivity index (χ2v) is 4.81. The molecule has 6 heteroatoms. The van der Waals surface area contributed by atoms with E-state index in [1.807, 2.05) is 11.4 Å². The van der Waals surface area contributed by atoms with E-state index in [-0.39, 0.29) is 0 Å². The Morgan fingerprint density at radius 2 is 2.47 bits per heavy atom. The number of hydrogen-bond acceptors (Lipinski definition) is 3. The molecule has 0 fully saturated rings. The smallest absolute Gasteiger partial charge is 0.328 e. The van der Waals surface area contributed by atoms with Crippen LogP contribution >= 0.6 is 22.9 Å². The monoisotopic (exact) mass is 268 g/mol. The van der Waals surface area contributed by atoms with Crippen LogP contribution in [0.25, 0.3) is 6.08 Å². The van der Waals surface area contributed by atoms with Crippen molar-refractivity contribution in [2.24, 2.45) is 0 Å². The Morgan fingerprint density at radius 1 is 1.65 bits per heavy atom. The average molecular weight is 269 g/mol. The zero-order chi connectivity index (χ0) is 12.3. The lowest BCUT2D eigenvalue weighted by atomic mass is 10.3. The number of halogens is 1. The maximum atomic E-state index is 10.4. The summed E-state index contributed by atoms with van der Waals surface area (Å²) in [5.74, 6) is -0.948. The van der Waals surface area contributed by atoms with Gasteiger partial charge in [-0.1, -0.05) is 11.6 Å². The predicted molar refractivity (Wildman–Crippen MR) is 67.3 cm³/mol. The van der Waals surface area contributed by atoms with E-state index in [2.05, 4.69) is 5.10 Å². The summed E-state index contributed by atoms with van der Waals surface area (Å²) in [4.78, 5) is 11.5. The van der Waals surface area contributed by atoms with Gasteiger partial charge in [0, 0.05) is 17.2 Å². The van der Waals surface area contributed by atoms with Gasteiger partial charge in [-0.15, -0.1) is 11.3 Å². The summed E-state index contributed by atoms with van der Waals surface area (Å²) in [7, 11) is 0. The quantitative estimate of drug-likeness (QED) is 0.868. The zero-order valence-electron chi connectivity index (χ0n) is 8.71. The number of carbonyl (C=O) groups is 1. The molecule has 0 saturated carbocycles. The summed E-state index contributed by atoms with van der Waals surface area (Å²) in [5, 5.41) is 15.1. The van der Waals surface area contributed by atoms with Crippen molar-refractivity contribution in [2.45, 2.75) is 6.54 Å². The van der Waals surface area contributed by atoms with Crippen LogP contribution in [-0.4, -0.2) is 20.9 Å². The molecule has 0 aliphatic carbocycles. The largest absolute Gasteiger partial charge is 0.478 e. The minimum Gasteiger partial charge on any atom is -0.478 e. The molecule has 0 spiro atoms. The van der Waals surface area contributed by atoms with E-state index >= 15 is 0 Å². The minimum atomic E-state index is -0.948. The predicted octanol–water partition coefficient (Wildman–Crippen LogP) is 2.74. The molecule has 0 amide bonds. The van der Waals surface area contributed by atoms with Crippen LogP contribution in [0.4, 0.5) is 0 Å². The summed E-state index contributed by atoms with van der Waals surface area (Å²) in [6.07, 6.45) is 6.02. The van der Waals surface area contributed by atoms with Crippen molar-refractivity contribution < 1.29 is 9.90 Å². The molecular weight excluding hydrogens is 260 g/mol. The fraction of sp³-hybridized carbons (Fsp3) is 0.0909. The Hall–Kier alpha value is -1.59. The van der Waals surface area contributed by atoms with Crippen molar-refractivity contribution in [3.05, 3.63) is 45.4 Å². The van der Waals surface area contributed by atoms with Gasteiger partial charge in [-0.25, -0.2) is 4.79 Å². The number of hydrogen-bond donors (Lipinski definition) is 1. The van der Waals surface area contributed by atoms with Gasteiger partial charge in [-0.05, 0) is 23.1 Å². The van der Waals surface area contributed by atoms with Crippen molar-refractivity contribution in [3.63, 3.8) is 0 Å². The van der Waals surface area contributed by atoms with E-state index in [0.717, 1.165) is 16.5 Å². The number of nitrogens with zero attached hydrogens (tertiary/aromatic N) is 2. The Labute approximate surface area is 107 Å². The maximum absolute atomic E-state index is 10.4. The molecule has 2 aromatic rings. The van der Waals surface area contributed by atoms with Crippen LogP contribution in [0.2, 0.25) is 5.02 Å². The van der Waals surface area contributed by atoms with Crippen LogP contribution in [0.3, 0.4) is 0 Å². The molecule has 17 heavy (non-hydrogen) atoms. The standard InChI is InChI=1S/C11H9ClN2O2S/c12-9-4-13-14(5-9)6-10-3-8(7-17-10)1-2-11(15)16/h1-5,7H,6H2,(H,15,16). The molecule has 0 unspecified atom stereocenters. The lowest BCUT2D eigenvalue weighted by Crippen LogP contribution is -1.97. The normalized spacial score (nSPS) is 11.1. The first kappa shape index (κ1) is 11.9. The molecule has 4 nitrogen and oxygen atoms in total. The van der Waals surface area contributed by atoms with Gasteiger partial charge in [0.1, 0.15) is 0 Å². The Morgan fingerprint density at radius 3 is 3.12 bits per heavy atom. The Balaban J connectivity index is 2.06. The second kappa shape index (κ2) is 5.16. The van der Waals surface area contributed by atoms with Crippen LogP contribution < -0.4 is 0 Å². The van der Waals surface area contributed by atoms with Crippen LogP contribution in [0.15, 0.2) is 29.9 Å². The number of thiophene rings is 1. The van der Waals surface area contributed by atoms with Gasteiger partial charge in [-0.2, -0.15) is 5.10 Å². The van der Waals surface area contributed by atoms with Gasteiger partial charge >= 0.3 is 5.97 Å². The maximum Gasteiger partial charge on any atom is 0.328 e. The first-order chi connectivity index (χ1) is 8.13. The van der Waals surface area contributed by atoms with Crippen LogP contribution in [0.5, 0.6) is 0 Å². The molecule has 1 N–H and O–H groups in total. The molecule has 0 bridgehead atoms. The van der Waals surface area contributed by atoms with Gasteiger partial charge in [0.15, 0.2) is 0 Å². The van der Waals surface area contributed by atoms with Crippen molar-refractivity contribution >= 4 is 35.0 Å². The highest BCUT2D eigenvalue weighted by Crippen LogP contribution is 2.17. The zero-order valence-corrected chi connectivity index (χ0v) is 10.3. The highest BCUT2D eigenvalue weighted by atomic mass is 35.5. The minimum absolute atomic E-state index is 0.604. The highest BCUT2D eigenvalue weighted by molar-refractivity contribution is 7.10. The molecule has 0 aliphatic heterocycles. The first-order valence-corrected chi connectivity index (χ1v) is 6.05. The SMILES string of the molecule is O=C(O)C=Cc1csc(Cn2cc(Cl)cn2)c1. The third-order valence-corrected chi connectivity index (χ3v) is 3.15. The molecule has 0 saturated heterocycles. The Bertz CT molecular complexity index is 559. The number of aliphatic carboxylic acids is 1. The summed E-state index contributed by atoms with van der Waals surface area (Å²) in [6, 6.07) is 1.93. The second-order valence-electron chi connectivity index (χ2n) is 3.37. The van der Waals surface area contributed by atoms with Gasteiger partial charge in [0.25, 0.3) is 0 Å². The molecule has 88 valence electrons. The number of rotatable bonds is 4. The number of aromatic nitrogens is 2. The lowest BCUT2D eigenvalue weighted by Gasteiger charge is -1.96. The molecular formula is C11H9ClN2O2S. The van der Waals surface area contributed by atoms with E-state index in [1.54, 1.807) is 34.5 Å². The third-order valence-electron chi connectivity index (χ3n) is 2.01. The third kappa shape index (κ3) is 3.44.